The first-order valence-corrected chi connectivity index (χ1v) is 7.10. The molecular formula is C11H14BrN5S. The maximum Gasteiger partial charge on any atom is 0.224 e. The smallest absolute Gasteiger partial charge is 0.224 e. The first-order valence-electron chi connectivity index (χ1n) is 5.49. The molecule has 0 fully saturated rings. The third-order valence-corrected chi connectivity index (χ3v) is 4.01. The standard InChI is InChI=1S/C11H14BrN5S/c1-6-4-14-10(18-6)7(2)16-9-8(12)5-15-11(13-3)17-9/h4-5,7H,1-3H3,(H2,13,15,16,17). The summed E-state index contributed by atoms with van der Waals surface area (Å²) in [6.07, 6.45) is 3.60. The lowest BCUT2D eigenvalue weighted by atomic mass is 10.3. The highest BCUT2D eigenvalue weighted by atomic mass is 79.9. The van der Waals surface area contributed by atoms with Gasteiger partial charge in [0.05, 0.1) is 10.5 Å². The summed E-state index contributed by atoms with van der Waals surface area (Å²) in [7, 11) is 1.79. The van der Waals surface area contributed by atoms with Crippen molar-refractivity contribution in [1.82, 2.24) is 15.0 Å². The molecule has 2 rings (SSSR count). The van der Waals surface area contributed by atoms with E-state index in [0.29, 0.717) is 5.95 Å². The summed E-state index contributed by atoms with van der Waals surface area (Å²) in [6.45, 7) is 4.11. The zero-order valence-electron chi connectivity index (χ0n) is 10.4. The van der Waals surface area contributed by atoms with Gasteiger partial charge in [0, 0.05) is 24.3 Å². The van der Waals surface area contributed by atoms with Crippen LogP contribution in [0.1, 0.15) is 22.9 Å². The maximum absolute atomic E-state index is 4.37. The average Bonchev–Trinajstić information content (AvgIpc) is 2.79. The summed E-state index contributed by atoms with van der Waals surface area (Å²) < 4.78 is 0.835. The van der Waals surface area contributed by atoms with Crippen LogP contribution in [-0.4, -0.2) is 22.0 Å². The molecule has 2 heterocycles. The van der Waals surface area contributed by atoms with E-state index >= 15 is 0 Å². The van der Waals surface area contributed by atoms with Crippen molar-refractivity contribution in [2.45, 2.75) is 19.9 Å². The summed E-state index contributed by atoms with van der Waals surface area (Å²) in [6, 6.07) is 0.111. The van der Waals surface area contributed by atoms with E-state index in [0.717, 1.165) is 15.3 Å². The molecule has 0 aliphatic heterocycles. The fourth-order valence-electron chi connectivity index (χ4n) is 1.43. The van der Waals surface area contributed by atoms with Crippen LogP contribution in [0, 0.1) is 6.92 Å². The van der Waals surface area contributed by atoms with E-state index < -0.39 is 0 Å². The Bertz CT molecular complexity index is 542. The zero-order valence-corrected chi connectivity index (χ0v) is 12.8. The molecule has 0 spiro atoms. The molecule has 0 saturated carbocycles. The van der Waals surface area contributed by atoms with Crippen LogP contribution < -0.4 is 10.6 Å². The fourth-order valence-corrected chi connectivity index (χ4v) is 2.51. The number of aromatic nitrogens is 3. The monoisotopic (exact) mass is 327 g/mol. The summed E-state index contributed by atoms with van der Waals surface area (Å²) in [4.78, 5) is 14.0. The molecule has 5 nitrogen and oxygen atoms in total. The fraction of sp³-hybridized carbons (Fsp3) is 0.364. The van der Waals surface area contributed by atoms with Crippen molar-refractivity contribution in [1.29, 1.82) is 0 Å². The molecule has 0 bridgehead atoms. The summed E-state index contributed by atoms with van der Waals surface area (Å²) in [5, 5.41) is 7.29. The molecule has 1 atom stereocenters. The minimum absolute atomic E-state index is 0.111. The van der Waals surface area contributed by atoms with Crippen LogP contribution in [0.3, 0.4) is 0 Å². The Morgan fingerprint density at radius 1 is 1.33 bits per heavy atom. The summed E-state index contributed by atoms with van der Waals surface area (Å²) in [5.74, 6) is 1.35. The molecule has 2 aromatic rings. The van der Waals surface area contributed by atoms with Gasteiger partial charge in [0.25, 0.3) is 0 Å². The number of hydrogen-bond acceptors (Lipinski definition) is 6. The van der Waals surface area contributed by atoms with Gasteiger partial charge in [0.2, 0.25) is 5.95 Å². The Balaban J connectivity index is 2.18. The Labute approximate surface area is 118 Å². The summed E-state index contributed by atoms with van der Waals surface area (Å²) >= 11 is 5.12. The van der Waals surface area contributed by atoms with Gasteiger partial charge in [-0.15, -0.1) is 11.3 Å². The molecule has 0 radical (unpaired) electrons. The minimum atomic E-state index is 0.111. The van der Waals surface area contributed by atoms with Gasteiger partial charge >= 0.3 is 0 Å². The lowest BCUT2D eigenvalue weighted by molar-refractivity contribution is 0.857. The highest BCUT2D eigenvalue weighted by molar-refractivity contribution is 9.10. The van der Waals surface area contributed by atoms with Gasteiger partial charge in [-0.1, -0.05) is 0 Å². The van der Waals surface area contributed by atoms with Crippen LogP contribution in [0.2, 0.25) is 0 Å². The molecule has 0 aromatic carbocycles. The molecular weight excluding hydrogens is 314 g/mol. The lowest BCUT2D eigenvalue weighted by Gasteiger charge is -2.13. The SMILES string of the molecule is CNc1ncc(Br)c(NC(C)c2ncc(C)s2)n1. The van der Waals surface area contributed by atoms with Crippen LogP contribution >= 0.6 is 27.3 Å². The van der Waals surface area contributed by atoms with Crippen molar-refractivity contribution < 1.29 is 0 Å². The molecule has 1 unspecified atom stereocenters. The van der Waals surface area contributed by atoms with Crippen molar-refractivity contribution in [2.75, 3.05) is 17.7 Å². The van der Waals surface area contributed by atoms with Crippen molar-refractivity contribution in [3.8, 4) is 0 Å². The lowest BCUT2D eigenvalue weighted by Crippen LogP contribution is -2.09. The van der Waals surface area contributed by atoms with Gasteiger partial charge in [-0.2, -0.15) is 4.98 Å². The first-order chi connectivity index (χ1) is 8.60. The van der Waals surface area contributed by atoms with E-state index in [2.05, 4.69) is 48.4 Å². The molecule has 2 aromatic heterocycles. The van der Waals surface area contributed by atoms with Gasteiger partial charge < -0.3 is 10.6 Å². The summed E-state index contributed by atoms with van der Waals surface area (Å²) in [5.41, 5.74) is 0. The second kappa shape index (κ2) is 5.62. The van der Waals surface area contributed by atoms with Crippen molar-refractivity contribution >= 4 is 39.0 Å². The number of thiazole rings is 1. The second-order valence-electron chi connectivity index (χ2n) is 3.82. The molecule has 7 heteroatoms. The van der Waals surface area contributed by atoms with Crippen LogP contribution in [-0.2, 0) is 0 Å². The number of rotatable bonds is 4. The predicted octanol–water partition coefficient (Wildman–Crippen LogP) is 3.22. The quantitative estimate of drug-likeness (QED) is 0.902. The Morgan fingerprint density at radius 2 is 2.11 bits per heavy atom. The third kappa shape index (κ3) is 2.97. The molecule has 96 valence electrons. The number of halogens is 1. The van der Waals surface area contributed by atoms with Crippen LogP contribution in [0.15, 0.2) is 16.9 Å². The Morgan fingerprint density at radius 3 is 2.72 bits per heavy atom. The Hall–Kier alpha value is -1.21. The van der Waals surface area contributed by atoms with Gasteiger partial charge in [-0.05, 0) is 29.8 Å². The number of nitrogens with zero attached hydrogens (tertiary/aromatic N) is 3. The topological polar surface area (TPSA) is 62.7 Å². The maximum atomic E-state index is 4.37. The van der Waals surface area contributed by atoms with E-state index in [4.69, 9.17) is 0 Å². The molecule has 0 aliphatic carbocycles. The van der Waals surface area contributed by atoms with Gasteiger partial charge in [-0.25, -0.2) is 9.97 Å². The normalized spacial score (nSPS) is 12.2. The van der Waals surface area contributed by atoms with Crippen LogP contribution in [0.5, 0.6) is 0 Å². The number of anilines is 2. The van der Waals surface area contributed by atoms with Crippen LogP contribution in [0.4, 0.5) is 11.8 Å². The van der Waals surface area contributed by atoms with Crippen molar-refractivity contribution in [3.63, 3.8) is 0 Å². The minimum Gasteiger partial charge on any atom is -0.360 e. The van der Waals surface area contributed by atoms with Gasteiger partial charge in [0.15, 0.2) is 0 Å². The molecule has 18 heavy (non-hydrogen) atoms. The first kappa shape index (κ1) is 13.2. The average molecular weight is 328 g/mol. The van der Waals surface area contributed by atoms with E-state index in [9.17, 15) is 0 Å². The number of nitrogens with one attached hydrogen (secondary N) is 2. The van der Waals surface area contributed by atoms with E-state index in [1.165, 1.54) is 4.88 Å². The highest BCUT2D eigenvalue weighted by Crippen LogP contribution is 2.26. The highest BCUT2D eigenvalue weighted by Gasteiger charge is 2.12. The molecule has 2 N–H and O–H groups in total. The van der Waals surface area contributed by atoms with Gasteiger partial charge in [-0.3, -0.25) is 0 Å². The van der Waals surface area contributed by atoms with E-state index in [1.807, 2.05) is 13.1 Å². The van der Waals surface area contributed by atoms with Gasteiger partial charge in [0.1, 0.15) is 10.8 Å². The zero-order chi connectivity index (χ0) is 13.1. The van der Waals surface area contributed by atoms with Crippen molar-refractivity contribution in [3.05, 3.63) is 26.8 Å². The molecule has 0 saturated heterocycles. The van der Waals surface area contributed by atoms with Crippen molar-refractivity contribution in [2.24, 2.45) is 0 Å². The number of hydrogen-bond donors (Lipinski definition) is 2. The second-order valence-corrected chi connectivity index (χ2v) is 5.94. The predicted molar refractivity (Wildman–Crippen MR) is 78.2 cm³/mol. The van der Waals surface area contributed by atoms with E-state index in [-0.39, 0.29) is 6.04 Å². The Kier molecular flexibility index (Phi) is 4.13. The largest absolute Gasteiger partial charge is 0.360 e. The number of aryl methyl sites for hydroxylation is 1. The third-order valence-electron chi connectivity index (χ3n) is 2.33. The molecule has 0 amide bonds. The molecule has 0 aliphatic rings. The van der Waals surface area contributed by atoms with E-state index in [1.54, 1.807) is 24.6 Å². The van der Waals surface area contributed by atoms with Crippen LogP contribution in [0.25, 0.3) is 0 Å².